The summed E-state index contributed by atoms with van der Waals surface area (Å²) in [6.45, 7) is 0. The number of nitrogens with one attached hydrogen (secondary N) is 2. The second kappa shape index (κ2) is 6.09. The lowest BCUT2D eigenvalue weighted by atomic mass is 9.94. The van der Waals surface area contributed by atoms with E-state index in [9.17, 15) is 13.2 Å². The Balaban J connectivity index is 1.73. The normalized spacial score (nSPS) is 22.1. The molecule has 3 rings (SSSR count). The van der Waals surface area contributed by atoms with Gasteiger partial charge in [0.1, 0.15) is 9.84 Å². The van der Waals surface area contributed by atoms with Crippen molar-refractivity contribution >= 4 is 39.1 Å². The zero-order chi connectivity index (χ0) is 16.6. The fraction of sp³-hybridized carbons (Fsp3) is 0.467. The topological polar surface area (TPSA) is 92.2 Å². The molecule has 2 aromatic rings. The number of H-pyrrole nitrogens is 1. The monoisotopic (exact) mass is 354 g/mol. The molecule has 1 fully saturated rings. The SMILES string of the molecule is CS(=O)(=O)[C@@H]1CCC[C@H](NC(=O)c2ccc3[nH]c(=S)oc3c2)C1. The number of hydrogen-bond donors (Lipinski definition) is 2. The molecule has 1 aromatic carbocycles. The van der Waals surface area contributed by atoms with E-state index < -0.39 is 9.84 Å². The maximum atomic E-state index is 12.4. The first kappa shape index (κ1) is 16.2. The summed E-state index contributed by atoms with van der Waals surface area (Å²) < 4.78 is 28.7. The van der Waals surface area contributed by atoms with Gasteiger partial charge in [0.05, 0.1) is 10.8 Å². The zero-order valence-corrected chi connectivity index (χ0v) is 14.3. The number of carbonyl (C=O) groups is 1. The molecule has 1 aliphatic carbocycles. The van der Waals surface area contributed by atoms with Crippen LogP contribution in [0.1, 0.15) is 36.0 Å². The van der Waals surface area contributed by atoms with Crippen molar-refractivity contribution in [3.8, 4) is 0 Å². The van der Waals surface area contributed by atoms with E-state index in [0.717, 1.165) is 18.4 Å². The molecule has 124 valence electrons. The third kappa shape index (κ3) is 3.64. The van der Waals surface area contributed by atoms with E-state index in [1.54, 1.807) is 18.2 Å². The van der Waals surface area contributed by atoms with Crippen molar-refractivity contribution < 1.29 is 17.6 Å². The quantitative estimate of drug-likeness (QED) is 0.827. The minimum atomic E-state index is -3.07. The number of aromatic amines is 1. The molecule has 1 amide bonds. The summed E-state index contributed by atoms with van der Waals surface area (Å²) in [5.74, 6) is -0.228. The highest BCUT2D eigenvalue weighted by molar-refractivity contribution is 7.91. The molecule has 0 radical (unpaired) electrons. The van der Waals surface area contributed by atoms with E-state index in [1.807, 2.05) is 0 Å². The summed E-state index contributed by atoms with van der Waals surface area (Å²) in [6, 6.07) is 4.94. The Labute approximate surface area is 139 Å². The van der Waals surface area contributed by atoms with Gasteiger partial charge in [0.2, 0.25) is 0 Å². The van der Waals surface area contributed by atoms with Gasteiger partial charge in [-0.2, -0.15) is 0 Å². The first-order chi connectivity index (χ1) is 10.8. The van der Waals surface area contributed by atoms with E-state index in [2.05, 4.69) is 10.3 Å². The minimum absolute atomic E-state index is 0.121. The van der Waals surface area contributed by atoms with Crippen molar-refractivity contribution in [1.29, 1.82) is 0 Å². The Morgan fingerprint density at radius 2 is 2.17 bits per heavy atom. The molecule has 1 heterocycles. The highest BCUT2D eigenvalue weighted by Crippen LogP contribution is 2.24. The van der Waals surface area contributed by atoms with E-state index in [-0.39, 0.29) is 22.0 Å². The molecule has 2 atom stereocenters. The smallest absolute Gasteiger partial charge is 0.266 e. The van der Waals surface area contributed by atoms with Crippen LogP contribution in [0, 0.1) is 4.84 Å². The Bertz CT molecular complexity index is 898. The van der Waals surface area contributed by atoms with Crippen molar-refractivity contribution in [1.82, 2.24) is 10.3 Å². The predicted molar refractivity (Wildman–Crippen MR) is 89.8 cm³/mol. The molecule has 0 saturated heterocycles. The maximum absolute atomic E-state index is 12.4. The second-order valence-corrected chi connectivity index (χ2v) is 8.71. The van der Waals surface area contributed by atoms with Crippen LogP contribution < -0.4 is 5.32 Å². The van der Waals surface area contributed by atoms with E-state index >= 15 is 0 Å². The molecule has 23 heavy (non-hydrogen) atoms. The number of rotatable bonds is 3. The lowest BCUT2D eigenvalue weighted by molar-refractivity contribution is 0.0928. The number of benzene rings is 1. The van der Waals surface area contributed by atoms with Gasteiger partial charge in [-0.05, 0) is 49.7 Å². The Morgan fingerprint density at radius 1 is 1.39 bits per heavy atom. The number of sulfone groups is 1. The van der Waals surface area contributed by atoms with Gasteiger partial charge >= 0.3 is 0 Å². The van der Waals surface area contributed by atoms with Crippen LogP contribution in [0.4, 0.5) is 0 Å². The fourth-order valence-electron chi connectivity index (χ4n) is 3.02. The van der Waals surface area contributed by atoms with Gasteiger partial charge in [-0.15, -0.1) is 0 Å². The Hall–Kier alpha value is -1.67. The molecule has 1 saturated carbocycles. The van der Waals surface area contributed by atoms with Gasteiger partial charge in [-0.1, -0.05) is 6.42 Å². The average Bonchev–Trinajstić information content (AvgIpc) is 2.85. The van der Waals surface area contributed by atoms with Crippen LogP contribution in [0.5, 0.6) is 0 Å². The van der Waals surface area contributed by atoms with Crippen molar-refractivity contribution in [2.45, 2.75) is 37.0 Å². The Morgan fingerprint density at radius 3 is 2.91 bits per heavy atom. The van der Waals surface area contributed by atoms with Crippen LogP contribution in [0.3, 0.4) is 0 Å². The second-order valence-electron chi connectivity index (χ2n) is 6.01. The zero-order valence-electron chi connectivity index (χ0n) is 12.7. The van der Waals surface area contributed by atoms with E-state index in [4.69, 9.17) is 16.6 Å². The van der Waals surface area contributed by atoms with Crippen molar-refractivity contribution in [2.24, 2.45) is 0 Å². The van der Waals surface area contributed by atoms with Crippen LogP contribution in [-0.2, 0) is 9.84 Å². The molecule has 0 spiro atoms. The lowest BCUT2D eigenvalue weighted by Crippen LogP contribution is -2.41. The maximum Gasteiger partial charge on any atom is 0.266 e. The van der Waals surface area contributed by atoms with Gasteiger partial charge in [0.25, 0.3) is 10.7 Å². The summed E-state index contributed by atoms with van der Waals surface area (Å²) in [6.07, 6.45) is 3.99. The van der Waals surface area contributed by atoms with Crippen molar-refractivity contribution in [3.05, 3.63) is 28.6 Å². The number of carbonyl (C=O) groups excluding carboxylic acids is 1. The molecular weight excluding hydrogens is 336 g/mol. The summed E-state index contributed by atoms with van der Waals surface area (Å²) in [5, 5.41) is 2.56. The predicted octanol–water partition coefficient (Wildman–Crippen LogP) is 2.58. The third-order valence-electron chi connectivity index (χ3n) is 4.25. The van der Waals surface area contributed by atoms with Crippen LogP contribution in [0.25, 0.3) is 11.1 Å². The molecule has 8 heteroatoms. The van der Waals surface area contributed by atoms with Gasteiger partial charge in [0.15, 0.2) is 5.58 Å². The molecule has 0 unspecified atom stereocenters. The highest BCUT2D eigenvalue weighted by Gasteiger charge is 2.29. The van der Waals surface area contributed by atoms with Gasteiger partial charge in [0, 0.05) is 17.9 Å². The number of oxazole rings is 1. The van der Waals surface area contributed by atoms with Gasteiger partial charge in [-0.25, -0.2) is 8.42 Å². The fourth-order valence-corrected chi connectivity index (χ4v) is 4.40. The molecule has 1 aliphatic rings. The van der Waals surface area contributed by atoms with Crippen LogP contribution in [-0.4, -0.2) is 36.9 Å². The summed E-state index contributed by atoms with van der Waals surface area (Å²) in [4.78, 5) is 15.5. The van der Waals surface area contributed by atoms with E-state index in [0.29, 0.717) is 24.0 Å². The number of aromatic nitrogens is 1. The van der Waals surface area contributed by atoms with E-state index in [1.165, 1.54) is 6.26 Å². The molecule has 1 aromatic heterocycles. The lowest BCUT2D eigenvalue weighted by Gasteiger charge is -2.28. The van der Waals surface area contributed by atoms with Crippen LogP contribution >= 0.6 is 12.2 Å². The van der Waals surface area contributed by atoms with Crippen LogP contribution in [0.15, 0.2) is 22.6 Å². The van der Waals surface area contributed by atoms with Crippen molar-refractivity contribution in [3.63, 3.8) is 0 Å². The number of fused-ring (bicyclic) bond motifs is 1. The summed E-state index contributed by atoms with van der Waals surface area (Å²) in [7, 11) is -3.07. The van der Waals surface area contributed by atoms with Crippen LogP contribution in [0.2, 0.25) is 0 Å². The first-order valence-corrected chi connectivity index (χ1v) is 9.82. The van der Waals surface area contributed by atoms with Gasteiger partial charge in [-0.3, -0.25) is 4.79 Å². The molecule has 0 bridgehead atoms. The molecule has 6 nitrogen and oxygen atoms in total. The molecule has 0 aliphatic heterocycles. The molecular formula is C15H18N2O4S2. The molecule has 2 N–H and O–H groups in total. The Kier molecular flexibility index (Phi) is 4.29. The largest absolute Gasteiger partial charge is 0.429 e. The average molecular weight is 354 g/mol. The minimum Gasteiger partial charge on any atom is -0.429 e. The number of amides is 1. The van der Waals surface area contributed by atoms with Crippen molar-refractivity contribution in [2.75, 3.05) is 6.26 Å². The highest BCUT2D eigenvalue weighted by atomic mass is 32.2. The van der Waals surface area contributed by atoms with Gasteiger partial charge < -0.3 is 14.7 Å². The first-order valence-electron chi connectivity index (χ1n) is 7.45. The summed E-state index contributed by atoms with van der Waals surface area (Å²) in [5.41, 5.74) is 1.73. The number of hydrogen-bond acceptors (Lipinski definition) is 5. The third-order valence-corrected chi connectivity index (χ3v) is 6.07. The summed E-state index contributed by atoms with van der Waals surface area (Å²) >= 11 is 4.92. The standard InChI is InChI=1S/C15H18N2O4S2/c1-23(19,20)11-4-2-3-10(8-11)16-14(18)9-5-6-12-13(7-9)21-15(22)17-12/h5-7,10-11H,2-4,8H2,1H3,(H,16,18)(H,17,22)/t10-,11+/m0/s1.